The molecule has 7 aromatic heterocycles. The van der Waals surface area contributed by atoms with E-state index >= 15 is 0 Å². The number of nitrogen functional groups attached to an aromatic ring is 1. The number of hydrogen-bond donors (Lipinski definition) is 5. The molecule has 4 aromatic carbocycles. The van der Waals surface area contributed by atoms with E-state index in [1.54, 1.807) is 18.6 Å². The highest BCUT2D eigenvalue weighted by atomic mass is 79.9. The number of halogens is 4. The second kappa shape index (κ2) is 36.1. The fourth-order valence-corrected chi connectivity index (χ4v) is 13.0. The highest BCUT2D eigenvalue weighted by Gasteiger charge is 2.34. The number of pyridine rings is 3. The van der Waals surface area contributed by atoms with Gasteiger partial charge in [-0.2, -0.15) is 15.3 Å². The lowest BCUT2D eigenvalue weighted by molar-refractivity contribution is -0.752. The average molecular weight is 1570 g/mol. The Morgan fingerprint density at radius 1 is 0.577 bits per heavy atom. The first-order valence-electron chi connectivity index (χ1n) is 32.2. The van der Waals surface area contributed by atoms with Crippen molar-refractivity contribution < 1.29 is 33.8 Å². The van der Waals surface area contributed by atoms with Crippen LogP contribution in [0.3, 0.4) is 0 Å². The summed E-state index contributed by atoms with van der Waals surface area (Å²) < 4.78 is 6.78. The molecule has 6 N–H and O–H groups in total. The number of aliphatic hydroxyl groups is 1. The van der Waals surface area contributed by atoms with E-state index in [9.17, 15) is 24.0 Å². The van der Waals surface area contributed by atoms with Crippen LogP contribution < -0.4 is 10.4 Å². The van der Waals surface area contributed by atoms with Crippen molar-refractivity contribution in [1.29, 1.82) is 0 Å². The van der Waals surface area contributed by atoms with Crippen LogP contribution in [0.5, 0.6) is 0 Å². The number of nitrogens with zero attached hydrogens (tertiary/aromatic N) is 11. The van der Waals surface area contributed by atoms with E-state index in [1.807, 2.05) is 134 Å². The Morgan fingerprint density at radius 3 is 1.57 bits per heavy atom. The van der Waals surface area contributed by atoms with Crippen molar-refractivity contribution in [1.82, 2.24) is 64.9 Å². The Balaban J connectivity index is 0.000000144. The normalized spacial score (nSPS) is 15.7. The van der Waals surface area contributed by atoms with Gasteiger partial charge in [-0.1, -0.05) is 170 Å². The molecule has 3 fully saturated rings. The number of aldehydes is 2. The molecule has 3 amide bonds. The van der Waals surface area contributed by atoms with Gasteiger partial charge in [0, 0.05) is 104 Å². The van der Waals surface area contributed by atoms with Gasteiger partial charge in [-0.3, -0.25) is 29.5 Å². The molecule has 0 radical (unpaired) electrons. The zero-order valence-electron chi connectivity index (χ0n) is 54.2. The molecule has 3 saturated heterocycles. The van der Waals surface area contributed by atoms with Crippen LogP contribution in [0.15, 0.2) is 178 Å². The second-order valence-corrected chi connectivity index (χ2v) is 27.5. The smallest absolute Gasteiger partial charge is 0.250 e. The molecule has 10 heterocycles. The molecule has 97 heavy (non-hydrogen) atoms. The zero-order valence-corrected chi connectivity index (χ0v) is 60.5. The van der Waals surface area contributed by atoms with Gasteiger partial charge in [0.25, 0.3) is 6.67 Å². The quantitative estimate of drug-likeness (QED) is 0.0246. The largest absolute Gasteiger partial charge is 0.382 e. The van der Waals surface area contributed by atoms with Crippen molar-refractivity contribution in [2.75, 3.05) is 32.1 Å². The molecule has 3 unspecified atom stereocenters. The van der Waals surface area contributed by atoms with Gasteiger partial charge in [-0.25, -0.2) is 19.6 Å². The monoisotopic (exact) mass is 1560 g/mol. The fraction of sp³-hybridized carbons (Fsp3) is 0.306. The maximum absolute atomic E-state index is 12.5. The molecule has 25 heteroatoms. The molecule has 0 aliphatic carbocycles. The van der Waals surface area contributed by atoms with E-state index in [1.165, 1.54) is 4.90 Å². The Kier molecular flexibility index (Phi) is 27.0. The van der Waals surface area contributed by atoms with E-state index in [0.717, 1.165) is 144 Å². The number of carbonyl (C=O) groups is 5. The lowest BCUT2D eigenvalue weighted by atomic mass is 10.0. The lowest BCUT2D eigenvalue weighted by Gasteiger charge is -2.18. The summed E-state index contributed by atoms with van der Waals surface area (Å²) in [6, 6.07) is 48.4. The number of benzene rings is 4. The minimum atomic E-state index is -0.613. The van der Waals surface area contributed by atoms with Crippen molar-refractivity contribution in [3.63, 3.8) is 0 Å². The van der Waals surface area contributed by atoms with Crippen molar-refractivity contribution in [3.05, 3.63) is 178 Å². The molecule has 0 bridgehead atoms. The number of alkyl halides is 1. The van der Waals surface area contributed by atoms with Crippen molar-refractivity contribution >= 4 is 133 Å². The maximum atomic E-state index is 12.5. The van der Waals surface area contributed by atoms with Crippen LogP contribution in [0.2, 0.25) is 0 Å². The summed E-state index contributed by atoms with van der Waals surface area (Å²) in [4.78, 5) is 72.8. The number of aromatic amines is 3. The number of carbonyl (C=O) groups excluding carboxylic acids is 5. The van der Waals surface area contributed by atoms with Gasteiger partial charge < -0.3 is 30.2 Å². The van der Waals surface area contributed by atoms with Crippen molar-refractivity contribution in [2.24, 2.45) is 17.8 Å². The predicted molar refractivity (Wildman–Crippen MR) is 392 cm³/mol. The summed E-state index contributed by atoms with van der Waals surface area (Å²) in [5, 5.41) is 33.7. The predicted octanol–water partition coefficient (Wildman–Crippen LogP) is 14.1. The molecular weight excluding hydrogens is 1490 g/mol. The van der Waals surface area contributed by atoms with E-state index < -0.39 is 4.83 Å². The van der Waals surface area contributed by atoms with Crippen LogP contribution in [0.1, 0.15) is 78.6 Å². The Hall–Kier alpha value is -8.62. The number of aromatic nitrogens is 11. The second-order valence-electron chi connectivity index (χ2n) is 23.7. The highest BCUT2D eigenvalue weighted by Crippen LogP contribution is 2.33. The minimum absolute atomic E-state index is 0.103. The molecule has 3 atom stereocenters. The third-order valence-electron chi connectivity index (χ3n) is 16.4. The molecule has 0 spiro atoms. The Labute approximate surface area is 596 Å². The molecule has 0 saturated carbocycles. The molecular formula is C72H78Br4N15O6+. The summed E-state index contributed by atoms with van der Waals surface area (Å²) in [7, 11) is 0. The fourth-order valence-electron chi connectivity index (χ4n) is 12.0. The number of likely N-dealkylation sites (tertiary alicyclic amines) is 3. The number of nitrogens with two attached hydrogens (primary N) is 1. The van der Waals surface area contributed by atoms with Crippen LogP contribution >= 0.6 is 63.7 Å². The molecule has 3 aliphatic heterocycles. The van der Waals surface area contributed by atoms with Gasteiger partial charge in [0.15, 0.2) is 16.9 Å². The van der Waals surface area contributed by atoms with Crippen LogP contribution in [0, 0.1) is 17.8 Å². The highest BCUT2D eigenvalue weighted by molar-refractivity contribution is 9.11. The molecule has 21 nitrogen and oxygen atoms in total. The van der Waals surface area contributed by atoms with Crippen LogP contribution in [0.4, 0.5) is 5.82 Å². The number of amides is 3. The van der Waals surface area contributed by atoms with E-state index in [-0.39, 0.29) is 24.5 Å². The number of anilines is 1. The van der Waals surface area contributed by atoms with E-state index in [2.05, 4.69) is 160 Å². The Bertz CT molecular complexity index is 4200. The topological polar surface area (TPSA) is 275 Å². The SMILES string of the molecule is Brc1cnc2n[nH]c(-c3ccccc3)c2c1.CCCC1CC(=O)N(CO)C1.CCCC1CC(=O)N(C[n+]2[nH]c3ncc(Br)cc3c2-c2ccccc2)C1.CCCC1CC(=O)N(Cn2nc3ncc(Br)cc3c2-c2ccccc2)C1.Nc1cc(-c2ccccc2)[nH]n1.O=CC(Br)C=O. The van der Waals surface area contributed by atoms with Crippen molar-refractivity contribution in [2.45, 2.75) is 96.7 Å². The van der Waals surface area contributed by atoms with E-state index in [0.29, 0.717) is 74.4 Å². The number of fused-ring (bicyclic) bond motifs is 3. The number of aliphatic hydroxyl groups excluding tert-OH is 1. The maximum Gasteiger partial charge on any atom is 0.250 e. The van der Waals surface area contributed by atoms with E-state index in [4.69, 9.17) is 10.8 Å². The standard InChI is InChI=1S/2C20H21BrN4O.C12H8BrN3.C9H9N3.C8H15NO2.C3H3BrO2/c2*1-2-6-14-9-18(26)24(12-14)13-25-19(15-7-4-3-5-8-15)17-10-16(21)11-22-20(17)23-25;13-9-6-10-11(8-4-2-1-3-5-8)15-16-12(10)14-7-9;10-9-6-8(11-12-9)7-4-2-1-3-5-7;1-2-3-7-4-8(11)9(5-7)6-10;4-3(1-5)2-6/h2*3-5,7-8,10-11,14H,2,6,9,12-13H2,1H3;1-7H,(H,14,15,16);1-6H,(H3,10,11,12);7,10H,2-6H2,1H3;1-3H/p+1. The third-order valence-corrected chi connectivity index (χ3v) is 18.2. The first kappa shape index (κ1) is 72.6. The average Bonchev–Trinajstić information content (AvgIpc) is 1.64. The van der Waals surface area contributed by atoms with Crippen LogP contribution in [-0.2, 0) is 37.3 Å². The molecule has 504 valence electrons. The lowest BCUT2D eigenvalue weighted by Crippen LogP contribution is -2.47. The molecule has 11 aromatic rings. The van der Waals surface area contributed by atoms with Gasteiger partial charge in [0.05, 0.1) is 22.5 Å². The summed E-state index contributed by atoms with van der Waals surface area (Å²) >= 11 is 13.2. The van der Waals surface area contributed by atoms with Crippen LogP contribution in [-0.4, -0.2) is 132 Å². The third kappa shape index (κ3) is 19.8. The number of hydrogen-bond acceptors (Lipinski definition) is 13. The molecule has 3 aliphatic rings. The van der Waals surface area contributed by atoms with Gasteiger partial charge in [0.1, 0.15) is 36.6 Å². The molecule has 14 rings (SSSR count). The summed E-state index contributed by atoms with van der Waals surface area (Å²) in [6.45, 7) is 9.75. The number of H-pyrrole nitrogens is 3. The van der Waals surface area contributed by atoms with Crippen LogP contribution in [0.25, 0.3) is 78.1 Å². The number of rotatable bonds is 17. The first-order chi connectivity index (χ1) is 47.1. The van der Waals surface area contributed by atoms with Gasteiger partial charge in [0.2, 0.25) is 23.4 Å². The van der Waals surface area contributed by atoms with Gasteiger partial charge in [-0.15, -0.1) is 5.10 Å². The first-order valence-corrected chi connectivity index (χ1v) is 35.5. The Morgan fingerprint density at radius 2 is 1.05 bits per heavy atom. The van der Waals surface area contributed by atoms with Crippen molar-refractivity contribution in [3.8, 4) is 45.0 Å². The summed E-state index contributed by atoms with van der Waals surface area (Å²) in [6.07, 6.45) is 15.0. The van der Waals surface area contributed by atoms with Gasteiger partial charge in [-0.05, 0) is 121 Å². The van der Waals surface area contributed by atoms with Gasteiger partial charge >= 0.3 is 0 Å². The number of nitrogens with one attached hydrogen (secondary N) is 3. The summed E-state index contributed by atoms with van der Waals surface area (Å²) in [5.41, 5.74) is 16.1. The zero-order chi connectivity index (χ0) is 68.8. The summed E-state index contributed by atoms with van der Waals surface area (Å²) in [5.74, 6) is 2.51. The minimum Gasteiger partial charge on any atom is -0.382 e.